The fraction of sp³-hybridized carbons (Fsp3) is 0.236. The summed E-state index contributed by atoms with van der Waals surface area (Å²) in [4.78, 5) is 8.08. The van der Waals surface area contributed by atoms with E-state index in [4.69, 9.17) is 0 Å². The fourth-order valence-electron chi connectivity index (χ4n) is 10.5. The van der Waals surface area contributed by atoms with Crippen molar-refractivity contribution in [3.63, 3.8) is 0 Å². The van der Waals surface area contributed by atoms with Crippen molar-refractivity contribution in [2.45, 2.75) is 95.3 Å². The van der Waals surface area contributed by atoms with Crippen molar-refractivity contribution in [1.29, 1.82) is 0 Å². The Labute approximate surface area is 362 Å². The summed E-state index contributed by atoms with van der Waals surface area (Å²) in [5, 5.41) is 0. The number of benzene rings is 7. The highest BCUT2D eigenvalue weighted by atomic mass is 32.2. The topological polar surface area (TPSA) is 6.48 Å². The van der Waals surface area contributed by atoms with Crippen LogP contribution in [0.2, 0.25) is 0 Å². The van der Waals surface area contributed by atoms with Gasteiger partial charge in [-0.15, -0.1) is 0 Å². The Kier molecular flexibility index (Phi) is 8.03. The molecule has 294 valence electrons. The van der Waals surface area contributed by atoms with Crippen LogP contribution in [0.3, 0.4) is 0 Å². The van der Waals surface area contributed by atoms with Crippen LogP contribution in [0.1, 0.15) is 84.6 Å². The lowest BCUT2D eigenvalue weighted by Crippen LogP contribution is -2.68. The normalized spacial score (nSPS) is 14.6. The molecule has 0 aliphatic carbocycles. The Morgan fingerprint density at radius 1 is 0.433 bits per heavy atom. The molecule has 0 N–H and O–H groups in total. The van der Waals surface area contributed by atoms with Gasteiger partial charge in [0.1, 0.15) is 0 Å². The Morgan fingerprint density at radius 3 is 1.43 bits per heavy atom. The summed E-state index contributed by atoms with van der Waals surface area (Å²) >= 11 is 1.98. The molecule has 0 spiro atoms. The van der Waals surface area contributed by atoms with E-state index in [1.54, 1.807) is 0 Å². The summed E-state index contributed by atoms with van der Waals surface area (Å²) in [6.45, 7) is 23.6. The zero-order valence-corrected chi connectivity index (χ0v) is 37.5. The maximum absolute atomic E-state index is 2.70. The lowest BCUT2D eigenvalue weighted by molar-refractivity contribution is 0.590. The molecule has 60 heavy (non-hydrogen) atoms. The lowest BCUT2D eigenvalue weighted by Gasteiger charge is -2.51. The van der Waals surface area contributed by atoms with Gasteiger partial charge in [0.05, 0.1) is 5.69 Å². The van der Waals surface area contributed by atoms with Crippen LogP contribution >= 0.6 is 11.8 Å². The molecule has 4 aliphatic rings. The minimum atomic E-state index is -0.0199. The van der Waals surface area contributed by atoms with Crippen LogP contribution in [0, 0.1) is 6.92 Å². The van der Waals surface area contributed by atoms with Crippen molar-refractivity contribution >= 4 is 92.1 Å². The van der Waals surface area contributed by atoms with Gasteiger partial charge in [-0.3, -0.25) is 0 Å². The van der Waals surface area contributed by atoms with Crippen molar-refractivity contribution in [1.82, 2.24) is 0 Å². The van der Waals surface area contributed by atoms with Gasteiger partial charge in [-0.25, -0.2) is 0 Å². The van der Waals surface area contributed by atoms with E-state index in [0.29, 0.717) is 0 Å². The first-order chi connectivity index (χ1) is 28.6. The van der Waals surface area contributed by atoms with Gasteiger partial charge in [-0.05, 0) is 109 Å². The van der Waals surface area contributed by atoms with Crippen molar-refractivity contribution in [2.75, 3.05) is 9.80 Å². The van der Waals surface area contributed by atoms with Crippen molar-refractivity contribution in [3.05, 3.63) is 156 Å². The Bertz CT molecular complexity index is 2950. The molecule has 4 aliphatic heterocycles. The molecule has 4 heterocycles. The summed E-state index contributed by atoms with van der Waals surface area (Å²) in [6, 6.07) is 51.8. The minimum Gasteiger partial charge on any atom is -0.312 e. The third-order valence-corrected chi connectivity index (χ3v) is 14.9. The molecule has 0 amide bonds. The number of anilines is 6. The molecular formula is C55H52B2N2S. The van der Waals surface area contributed by atoms with E-state index in [-0.39, 0.29) is 29.7 Å². The van der Waals surface area contributed by atoms with Crippen molar-refractivity contribution in [2.24, 2.45) is 0 Å². The van der Waals surface area contributed by atoms with E-state index >= 15 is 0 Å². The van der Waals surface area contributed by atoms with Crippen LogP contribution in [0.5, 0.6) is 0 Å². The number of nitrogens with zero attached hydrogens (tertiary/aromatic N) is 2. The van der Waals surface area contributed by atoms with Crippen LogP contribution in [0.25, 0.3) is 11.1 Å². The summed E-state index contributed by atoms with van der Waals surface area (Å²) in [5.74, 6) is 0. The second-order valence-electron chi connectivity index (χ2n) is 20.6. The van der Waals surface area contributed by atoms with E-state index in [0.717, 1.165) is 0 Å². The average Bonchev–Trinajstić information content (AvgIpc) is 3.22. The van der Waals surface area contributed by atoms with Gasteiger partial charge in [0.25, 0.3) is 6.71 Å². The third-order valence-electron chi connectivity index (χ3n) is 13.7. The molecule has 0 saturated heterocycles. The lowest BCUT2D eigenvalue weighted by atomic mass is 9.29. The molecule has 0 atom stereocenters. The summed E-state index contributed by atoms with van der Waals surface area (Å²) in [5.41, 5.74) is 24.1. The molecule has 11 rings (SSSR count). The molecule has 7 aromatic rings. The number of hydrogen-bond donors (Lipinski definition) is 0. The highest BCUT2D eigenvalue weighted by Crippen LogP contribution is 2.54. The Hall–Kier alpha value is -5.38. The van der Waals surface area contributed by atoms with Crippen LogP contribution in [0.15, 0.2) is 143 Å². The fourth-order valence-corrected chi connectivity index (χ4v) is 11.8. The maximum Gasteiger partial charge on any atom is 0.252 e. The van der Waals surface area contributed by atoms with Gasteiger partial charge < -0.3 is 9.80 Å². The van der Waals surface area contributed by atoms with Crippen LogP contribution in [0.4, 0.5) is 34.1 Å². The van der Waals surface area contributed by atoms with Crippen LogP contribution in [-0.4, -0.2) is 13.4 Å². The molecule has 0 bridgehead atoms. The van der Waals surface area contributed by atoms with E-state index in [1.165, 1.54) is 110 Å². The van der Waals surface area contributed by atoms with Gasteiger partial charge in [0, 0.05) is 43.8 Å². The first kappa shape index (κ1) is 37.6. The SMILES string of the molecule is Cc1ccccc1N1c2ccc(C(C)(C)C)cc2B2c3cc(C(C)(C)C)ccc3N3c4ccc(C(C)(C)C)cc4B4c5ccccc5Sc5c4c3c2c1c5-c1ccccc1. The van der Waals surface area contributed by atoms with Crippen molar-refractivity contribution in [3.8, 4) is 11.1 Å². The van der Waals surface area contributed by atoms with Gasteiger partial charge in [-0.2, -0.15) is 0 Å². The van der Waals surface area contributed by atoms with E-state index in [2.05, 4.69) is 212 Å². The smallest absolute Gasteiger partial charge is 0.252 e. The molecule has 2 nitrogen and oxygen atoms in total. The second kappa shape index (κ2) is 12.8. The molecule has 0 fully saturated rings. The number of fused-ring (bicyclic) bond motifs is 10. The van der Waals surface area contributed by atoms with E-state index < -0.39 is 0 Å². The second-order valence-corrected chi connectivity index (χ2v) is 21.7. The summed E-state index contributed by atoms with van der Waals surface area (Å²) < 4.78 is 0. The van der Waals surface area contributed by atoms with E-state index in [9.17, 15) is 0 Å². The predicted molar refractivity (Wildman–Crippen MR) is 262 cm³/mol. The van der Waals surface area contributed by atoms with Crippen LogP contribution in [-0.2, 0) is 16.2 Å². The largest absolute Gasteiger partial charge is 0.312 e. The van der Waals surface area contributed by atoms with Gasteiger partial charge in [-0.1, -0.05) is 183 Å². The Balaban J connectivity index is 1.39. The zero-order chi connectivity index (χ0) is 41.6. The predicted octanol–water partition coefficient (Wildman–Crippen LogP) is 10.9. The van der Waals surface area contributed by atoms with Gasteiger partial charge in [0.2, 0.25) is 6.71 Å². The number of rotatable bonds is 2. The minimum absolute atomic E-state index is 0.00114. The maximum atomic E-state index is 2.70. The third kappa shape index (κ3) is 5.37. The van der Waals surface area contributed by atoms with Crippen molar-refractivity contribution < 1.29 is 0 Å². The highest BCUT2D eigenvalue weighted by molar-refractivity contribution is 8.00. The van der Waals surface area contributed by atoms with Gasteiger partial charge >= 0.3 is 0 Å². The number of aryl methyl sites for hydroxylation is 1. The van der Waals surface area contributed by atoms with Gasteiger partial charge in [0.15, 0.2) is 0 Å². The number of hydrogen-bond acceptors (Lipinski definition) is 3. The first-order valence-electron chi connectivity index (χ1n) is 21.8. The average molecular weight is 795 g/mol. The standard InChI is InChI=1S/C55H52B2N2S/c1-33-18-14-16-22-42(33)58-43-27-24-36(54(5,6)7)31-40(43)57-41-32-37(55(8,9)10)26-29-45(41)59-44-28-25-35(53(2,3)4)30-39(44)56-38-21-15-17-23-46(38)60-52-47(34-19-12-11-13-20-34)50(58)48(57)51(59)49(52)56/h11-32H,1-10H3. The van der Waals surface area contributed by atoms with Crippen LogP contribution < -0.4 is 42.6 Å². The van der Waals surface area contributed by atoms with E-state index in [1.807, 2.05) is 11.8 Å². The molecule has 5 heteroatoms. The molecule has 0 saturated carbocycles. The molecule has 7 aromatic carbocycles. The quantitative estimate of drug-likeness (QED) is 0.161. The number of para-hydroxylation sites is 1. The molecule has 0 aromatic heterocycles. The summed E-state index contributed by atoms with van der Waals surface area (Å²) in [7, 11) is 0. The highest BCUT2D eigenvalue weighted by Gasteiger charge is 2.52. The Morgan fingerprint density at radius 2 is 0.900 bits per heavy atom. The summed E-state index contributed by atoms with van der Waals surface area (Å²) in [6.07, 6.45) is 0. The monoisotopic (exact) mass is 794 g/mol. The molecular weight excluding hydrogens is 742 g/mol. The zero-order valence-electron chi connectivity index (χ0n) is 36.7. The molecule has 0 unspecified atom stereocenters. The first-order valence-corrected chi connectivity index (χ1v) is 22.6. The molecule has 0 radical (unpaired) electrons.